The average Bonchev–Trinajstić information content (AvgIpc) is 2.81. The fraction of sp³-hybridized carbons (Fsp3) is 0.625. The summed E-state index contributed by atoms with van der Waals surface area (Å²) in [6.45, 7) is 8.58. The average molecular weight is 276 g/mol. The largest absolute Gasteiger partial charge is 0.478 e. The molecule has 1 aromatic heterocycles. The summed E-state index contributed by atoms with van der Waals surface area (Å²) in [7, 11) is 1.94. The van der Waals surface area contributed by atoms with Gasteiger partial charge in [-0.15, -0.1) is 0 Å². The molecule has 4 nitrogen and oxygen atoms in total. The first-order chi connectivity index (χ1) is 9.21. The van der Waals surface area contributed by atoms with E-state index in [1.54, 1.807) is 0 Å². The number of hydrogen-bond donors (Lipinski definition) is 1. The summed E-state index contributed by atoms with van der Waals surface area (Å²) in [4.78, 5) is 18.2. The number of pyridine rings is 1. The van der Waals surface area contributed by atoms with Crippen LogP contribution in [0.4, 0.5) is 5.82 Å². The third-order valence-corrected chi connectivity index (χ3v) is 4.43. The van der Waals surface area contributed by atoms with E-state index in [1.165, 1.54) is 0 Å². The molecular weight excluding hydrogens is 252 g/mol. The molecular formula is C16H24N2O2. The van der Waals surface area contributed by atoms with Crippen LogP contribution in [-0.2, 0) is 12.8 Å². The van der Waals surface area contributed by atoms with E-state index >= 15 is 0 Å². The van der Waals surface area contributed by atoms with Crippen LogP contribution in [-0.4, -0.2) is 29.1 Å². The molecule has 0 bridgehead atoms. The van der Waals surface area contributed by atoms with Crippen molar-refractivity contribution in [2.45, 2.75) is 53.0 Å². The molecule has 2 rings (SSSR count). The maximum atomic E-state index is 11.5. The van der Waals surface area contributed by atoms with Crippen LogP contribution >= 0.6 is 0 Å². The van der Waals surface area contributed by atoms with Crippen molar-refractivity contribution in [2.75, 3.05) is 11.9 Å². The SMILES string of the molecule is CC(N(C)c1nc2c(cc1C(=O)O)CCC2)C(C)(C)C. The molecule has 0 aliphatic heterocycles. The third-order valence-electron chi connectivity index (χ3n) is 4.43. The maximum Gasteiger partial charge on any atom is 0.339 e. The van der Waals surface area contributed by atoms with E-state index in [1.807, 2.05) is 18.0 Å². The second-order valence-electron chi connectivity index (χ2n) is 6.78. The minimum absolute atomic E-state index is 0.0607. The summed E-state index contributed by atoms with van der Waals surface area (Å²) >= 11 is 0. The molecule has 0 saturated carbocycles. The lowest BCUT2D eigenvalue weighted by atomic mass is 9.87. The smallest absolute Gasteiger partial charge is 0.339 e. The number of anilines is 1. The van der Waals surface area contributed by atoms with Gasteiger partial charge in [0.2, 0.25) is 0 Å². The molecule has 0 aromatic carbocycles. The highest BCUT2D eigenvalue weighted by atomic mass is 16.4. The molecule has 1 atom stereocenters. The fourth-order valence-electron chi connectivity index (χ4n) is 2.65. The molecule has 0 fully saturated rings. The highest BCUT2D eigenvalue weighted by Gasteiger charge is 2.29. The van der Waals surface area contributed by atoms with E-state index in [9.17, 15) is 9.90 Å². The number of nitrogens with zero attached hydrogens (tertiary/aromatic N) is 2. The van der Waals surface area contributed by atoms with Crippen LogP contribution in [0, 0.1) is 5.41 Å². The Morgan fingerprint density at radius 1 is 1.40 bits per heavy atom. The number of aryl methyl sites for hydroxylation is 2. The van der Waals surface area contributed by atoms with Crippen molar-refractivity contribution in [3.63, 3.8) is 0 Å². The Morgan fingerprint density at radius 2 is 2.05 bits per heavy atom. The third kappa shape index (κ3) is 2.65. The summed E-state index contributed by atoms with van der Waals surface area (Å²) in [6.07, 6.45) is 2.98. The lowest BCUT2D eigenvalue weighted by Crippen LogP contribution is -2.40. The number of aromatic nitrogens is 1. The monoisotopic (exact) mass is 276 g/mol. The molecule has 0 saturated heterocycles. The molecule has 1 aliphatic carbocycles. The van der Waals surface area contributed by atoms with Crippen LogP contribution in [0.15, 0.2) is 6.07 Å². The zero-order valence-electron chi connectivity index (χ0n) is 13.0. The normalized spacial score (nSPS) is 15.8. The summed E-state index contributed by atoms with van der Waals surface area (Å²) in [5, 5.41) is 9.46. The molecule has 1 aromatic rings. The first-order valence-electron chi connectivity index (χ1n) is 7.20. The molecule has 20 heavy (non-hydrogen) atoms. The van der Waals surface area contributed by atoms with E-state index in [2.05, 4.69) is 32.7 Å². The number of carboxylic acid groups (broad SMARTS) is 1. The predicted octanol–water partition coefficient (Wildman–Crippen LogP) is 3.14. The van der Waals surface area contributed by atoms with Crippen molar-refractivity contribution in [3.05, 3.63) is 22.9 Å². The second-order valence-corrected chi connectivity index (χ2v) is 6.78. The van der Waals surface area contributed by atoms with Crippen molar-refractivity contribution in [2.24, 2.45) is 5.41 Å². The van der Waals surface area contributed by atoms with Gasteiger partial charge in [-0.1, -0.05) is 20.8 Å². The van der Waals surface area contributed by atoms with Gasteiger partial charge in [0.05, 0.1) is 0 Å². The molecule has 1 aliphatic rings. The van der Waals surface area contributed by atoms with Gasteiger partial charge in [0.15, 0.2) is 0 Å². The Hall–Kier alpha value is -1.58. The van der Waals surface area contributed by atoms with E-state index in [4.69, 9.17) is 0 Å². The van der Waals surface area contributed by atoms with E-state index < -0.39 is 5.97 Å². The van der Waals surface area contributed by atoms with E-state index in [-0.39, 0.29) is 11.5 Å². The first kappa shape index (κ1) is 14.8. The lowest BCUT2D eigenvalue weighted by molar-refractivity contribution is 0.0696. The maximum absolute atomic E-state index is 11.5. The summed E-state index contributed by atoms with van der Waals surface area (Å²) in [5.74, 6) is -0.296. The standard InChI is InChI=1S/C16H24N2O2/c1-10(16(2,3)4)18(5)14-12(15(19)20)9-11-7-6-8-13(11)17-14/h9-10H,6-8H2,1-5H3,(H,19,20). The van der Waals surface area contributed by atoms with Gasteiger partial charge in [-0.05, 0) is 43.2 Å². The van der Waals surface area contributed by atoms with Crippen LogP contribution in [0.25, 0.3) is 0 Å². The molecule has 1 heterocycles. The van der Waals surface area contributed by atoms with Gasteiger partial charge < -0.3 is 10.0 Å². The first-order valence-corrected chi connectivity index (χ1v) is 7.20. The number of aromatic carboxylic acids is 1. The van der Waals surface area contributed by atoms with Gasteiger partial charge in [0, 0.05) is 18.8 Å². The molecule has 4 heteroatoms. The Labute approximate surface area is 120 Å². The van der Waals surface area contributed by atoms with Crippen molar-refractivity contribution >= 4 is 11.8 Å². The van der Waals surface area contributed by atoms with Gasteiger partial charge in [-0.3, -0.25) is 0 Å². The van der Waals surface area contributed by atoms with Crippen molar-refractivity contribution in [1.82, 2.24) is 4.98 Å². The zero-order chi connectivity index (χ0) is 15.1. The fourth-order valence-corrected chi connectivity index (χ4v) is 2.65. The van der Waals surface area contributed by atoms with Gasteiger partial charge >= 0.3 is 5.97 Å². The minimum atomic E-state index is -0.893. The van der Waals surface area contributed by atoms with Crippen LogP contribution in [0.5, 0.6) is 0 Å². The Bertz CT molecular complexity index is 532. The second kappa shape index (κ2) is 5.08. The minimum Gasteiger partial charge on any atom is -0.478 e. The zero-order valence-corrected chi connectivity index (χ0v) is 13.0. The van der Waals surface area contributed by atoms with Crippen molar-refractivity contribution in [3.8, 4) is 0 Å². The number of carbonyl (C=O) groups is 1. The molecule has 0 radical (unpaired) electrons. The molecule has 1 unspecified atom stereocenters. The lowest BCUT2D eigenvalue weighted by Gasteiger charge is -2.36. The Morgan fingerprint density at radius 3 is 2.60 bits per heavy atom. The molecule has 110 valence electrons. The summed E-state index contributed by atoms with van der Waals surface area (Å²) < 4.78 is 0. The van der Waals surface area contributed by atoms with Crippen molar-refractivity contribution in [1.29, 1.82) is 0 Å². The molecule has 1 N–H and O–H groups in total. The van der Waals surface area contributed by atoms with E-state index in [0.717, 1.165) is 30.5 Å². The van der Waals surface area contributed by atoms with Crippen LogP contribution in [0.1, 0.15) is 55.7 Å². The van der Waals surface area contributed by atoms with Crippen LogP contribution < -0.4 is 4.90 Å². The van der Waals surface area contributed by atoms with Crippen LogP contribution in [0.3, 0.4) is 0 Å². The molecule has 0 spiro atoms. The predicted molar refractivity (Wildman–Crippen MR) is 80.5 cm³/mol. The quantitative estimate of drug-likeness (QED) is 0.921. The topological polar surface area (TPSA) is 53.4 Å². The number of rotatable bonds is 3. The van der Waals surface area contributed by atoms with E-state index in [0.29, 0.717) is 11.4 Å². The highest BCUT2D eigenvalue weighted by molar-refractivity contribution is 5.93. The number of fused-ring (bicyclic) bond motifs is 1. The number of hydrogen-bond acceptors (Lipinski definition) is 3. The van der Waals surface area contributed by atoms with Gasteiger partial charge in [0.1, 0.15) is 11.4 Å². The van der Waals surface area contributed by atoms with Gasteiger partial charge in [-0.25, -0.2) is 9.78 Å². The Balaban J connectivity index is 2.47. The Kier molecular flexibility index (Phi) is 3.76. The van der Waals surface area contributed by atoms with Gasteiger partial charge in [-0.2, -0.15) is 0 Å². The summed E-state index contributed by atoms with van der Waals surface area (Å²) in [5.41, 5.74) is 2.55. The highest BCUT2D eigenvalue weighted by Crippen LogP contribution is 2.31. The molecule has 0 amide bonds. The van der Waals surface area contributed by atoms with Crippen molar-refractivity contribution < 1.29 is 9.90 Å². The number of carboxylic acids is 1. The van der Waals surface area contributed by atoms with Gasteiger partial charge in [0.25, 0.3) is 0 Å². The summed E-state index contributed by atoms with van der Waals surface area (Å²) in [6, 6.07) is 2.02. The van der Waals surface area contributed by atoms with Crippen LogP contribution in [0.2, 0.25) is 0 Å².